The van der Waals surface area contributed by atoms with Gasteiger partial charge in [0.15, 0.2) is 0 Å². The van der Waals surface area contributed by atoms with Crippen LogP contribution in [-0.4, -0.2) is 9.91 Å². The lowest BCUT2D eigenvalue weighted by Crippen LogP contribution is -1.92. The highest BCUT2D eigenvalue weighted by Gasteiger charge is 2.12. The number of hydrogen-bond donors (Lipinski definition) is 0. The summed E-state index contributed by atoms with van der Waals surface area (Å²) in [7, 11) is 0. The van der Waals surface area contributed by atoms with Crippen LogP contribution in [-0.2, 0) is 0 Å². The lowest BCUT2D eigenvalue weighted by molar-refractivity contribution is -0.385. The number of nitro groups is 1. The Morgan fingerprint density at radius 1 is 1.30 bits per heavy atom. The smallest absolute Gasteiger partial charge is 0.258 e. The van der Waals surface area contributed by atoms with Crippen molar-refractivity contribution in [1.29, 1.82) is 5.26 Å². The van der Waals surface area contributed by atoms with Crippen LogP contribution in [0.4, 0.5) is 5.69 Å². The second kappa shape index (κ2) is 5.76. The Morgan fingerprint density at radius 2 is 2.10 bits per heavy atom. The molecule has 0 aliphatic rings. The van der Waals surface area contributed by atoms with Gasteiger partial charge in [0.05, 0.1) is 10.6 Å². The van der Waals surface area contributed by atoms with Gasteiger partial charge in [0.25, 0.3) is 5.69 Å². The van der Waals surface area contributed by atoms with Gasteiger partial charge in [-0.3, -0.25) is 15.1 Å². The first-order valence-corrected chi connectivity index (χ1v) is 5.89. The van der Waals surface area contributed by atoms with Gasteiger partial charge < -0.3 is 0 Å². The van der Waals surface area contributed by atoms with Crippen LogP contribution in [0.3, 0.4) is 0 Å². The molecule has 0 unspecified atom stereocenters. The average Bonchev–Trinajstić information content (AvgIpc) is 2.46. The molecule has 0 spiro atoms. The van der Waals surface area contributed by atoms with Crippen LogP contribution in [0.2, 0.25) is 0 Å². The first-order valence-electron chi connectivity index (χ1n) is 5.89. The predicted octanol–water partition coefficient (Wildman–Crippen LogP) is 3.34. The van der Waals surface area contributed by atoms with Gasteiger partial charge in [-0.1, -0.05) is 12.1 Å². The van der Waals surface area contributed by atoms with Crippen molar-refractivity contribution < 1.29 is 4.92 Å². The molecule has 0 saturated heterocycles. The van der Waals surface area contributed by atoms with Crippen molar-refractivity contribution in [2.24, 2.45) is 0 Å². The van der Waals surface area contributed by atoms with Gasteiger partial charge in [-0.15, -0.1) is 0 Å². The van der Waals surface area contributed by atoms with Crippen LogP contribution < -0.4 is 0 Å². The minimum Gasteiger partial charge on any atom is -0.258 e. The monoisotopic (exact) mass is 265 g/mol. The molecule has 0 bridgehead atoms. The highest BCUT2D eigenvalue weighted by atomic mass is 16.6. The number of nitro benzene ring substituents is 1. The normalized spacial score (nSPS) is 10.4. The van der Waals surface area contributed by atoms with Gasteiger partial charge in [0, 0.05) is 12.3 Å². The number of nitrogens with zero attached hydrogens (tertiary/aromatic N) is 3. The van der Waals surface area contributed by atoms with Crippen molar-refractivity contribution in [2.45, 2.75) is 6.92 Å². The summed E-state index contributed by atoms with van der Waals surface area (Å²) in [6, 6.07) is 10.1. The fraction of sp³-hybridized carbons (Fsp3) is 0.0667. The maximum atomic E-state index is 10.7. The minimum atomic E-state index is -0.562. The van der Waals surface area contributed by atoms with Gasteiger partial charge in [-0.05, 0) is 42.3 Å². The molecule has 0 fully saturated rings. The molecule has 0 radical (unpaired) electrons. The van der Waals surface area contributed by atoms with Crippen molar-refractivity contribution in [3.05, 3.63) is 69.0 Å². The third kappa shape index (κ3) is 3.06. The van der Waals surface area contributed by atoms with E-state index in [1.165, 1.54) is 12.1 Å². The molecule has 1 heterocycles. The first kappa shape index (κ1) is 13.4. The summed E-state index contributed by atoms with van der Waals surface area (Å²) in [4.78, 5) is 14.4. The van der Waals surface area contributed by atoms with E-state index >= 15 is 0 Å². The van der Waals surface area contributed by atoms with Crippen LogP contribution in [0.15, 0.2) is 36.5 Å². The molecular formula is C15H11N3O2. The number of benzene rings is 1. The van der Waals surface area contributed by atoms with Crippen molar-refractivity contribution in [3.8, 4) is 6.07 Å². The third-order valence-electron chi connectivity index (χ3n) is 2.72. The number of nitriles is 1. The lowest BCUT2D eigenvalue weighted by Gasteiger charge is -1.97. The van der Waals surface area contributed by atoms with Crippen LogP contribution >= 0.6 is 0 Å². The quantitative estimate of drug-likeness (QED) is 0.629. The van der Waals surface area contributed by atoms with Crippen LogP contribution in [0.5, 0.6) is 0 Å². The van der Waals surface area contributed by atoms with Crippen molar-refractivity contribution in [1.82, 2.24) is 4.98 Å². The zero-order chi connectivity index (χ0) is 14.5. The summed E-state index contributed by atoms with van der Waals surface area (Å²) < 4.78 is 0. The predicted molar refractivity (Wildman–Crippen MR) is 75.7 cm³/mol. The number of rotatable bonds is 3. The molecular weight excluding hydrogens is 254 g/mol. The van der Waals surface area contributed by atoms with E-state index in [1.807, 2.05) is 25.1 Å². The SMILES string of the molecule is Cc1ccc(C=Cc2ccc([N+](=O)[O-])c(C#N)c2)nc1. The molecule has 1 aromatic heterocycles. The summed E-state index contributed by atoms with van der Waals surface area (Å²) in [6.07, 6.45) is 5.32. The van der Waals surface area contributed by atoms with Gasteiger partial charge in [-0.25, -0.2) is 0 Å². The number of aryl methyl sites for hydroxylation is 1. The zero-order valence-electron chi connectivity index (χ0n) is 10.8. The van der Waals surface area contributed by atoms with E-state index in [2.05, 4.69) is 4.98 Å². The Bertz CT molecular complexity index is 713. The molecule has 0 atom stereocenters. The van der Waals surface area contributed by atoms with E-state index < -0.39 is 4.92 Å². The Morgan fingerprint density at radius 3 is 2.70 bits per heavy atom. The largest absolute Gasteiger partial charge is 0.287 e. The van der Waals surface area contributed by atoms with Crippen molar-refractivity contribution in [2.75, 3.05) is 0 Å². The average molecular weight is 265 g/mol. The number of hydrogen-bond acceptors (Lipinski definition) is 4. The van der Waals surface area contributed by atoms with Crippen LogP contribution in [0, 0.1) is 28.4 Å². The molecule has 0 aliphatic heterocycles. The topological polar surface area (TPSA) is 79.8 Å². The fourth-order valence-corrected chi connectivity index (χ4v) is 1.67. The van der Waals surface area contributed by atoms with E-state index in [9.17, 15) is 10.1 Å². The molecule has 20 heavy (non-hydrogen) atoms. The van der Waals surface area contributed by atoms with E-state index in [0.29, 0.717) is 0 Å². The standard InChI is InChI=1S/C15H11N3O2/c1-11-2-5-14(17-10-11)6-3-12-4-7-15(18(19)20)13(8-12)9-16/h2-8,10H,1H3. The Hall–Kier alpha value is -3.00. The Labute approximate surface area is 116 Å². The second-order valence-corrected chi connectivity index (χ2v) is 4.24. The Kier molecular flexibility index (Phi) is 3.87. The summed E-state index contributed by atoms with van der Waals surface area (Å²) in [5, 5.41) is 19.6. The van der Waals surface area contributed by atoms with E-state index in [0.717, 1.165) is 16.8 Å². The van der Waals surface area contributed by atoms with Crippen molar-refractivity contribution in [3.63, 3.8) is 0 Å². The second-order valence-electron chi connectivity index (χ2n) is 4.24. The molecule has 2 aromatic rings. The van der Waals surface area contributed by atoms with Gasteiger partial charge in [0.1, 0.15) is 11.6 Å². The Balaban J connectivity index is 2.28. The van der Waals surface area contributed by atoms with Gasteiger partial charge in [0.2, 0.25) is 0 Å². The highest BCUT2D eigenvalue weighted by Crippen LogP contribution is 2.20. The number of aromatic nitrogens is 1. The van der Waals surface area contributed by atoms with Crippen LogP contribution in [0.1, 0.15) is 22.4 Å². The maximum Gasteiger partial charge on any atom is 0.287 e. The maximum absolute atomic E-state index is 10.7. The van der Waals surface area contributed by atoms with Crippen LogP contribution in [0.25, 0.3) is 12.2 Å². The fourth-order valence-electron chi connectivity index (χ4n) is 1.67. The lowest BCUT2D eigenvalue weighted by atomic mass is 10.1. The summed E-state index contributed by atoms with van der Waals surface area (Å²) in [6.45, 7) is 1.95. The molecule has 5 heteroatoms. The van der Waals surface area contributed by atoms with E-state index in [-0.39, 0.29) is 11.3 Å². The highest BCUT2D eigenvalue weighted by molar-refractivity contribution is 5.70. The molecule has 1 aromatic carbocycles. The minimum absolute atomic E-state index is 0.0500. The molecule has 0 aliphatic carbocycles. The first-order chi connectivity index (χ1) is 9.60. The summed E-state index contributed by atoms with van der Waals surface area (Å²) >= 11 is 0. The summed E-state index contributed by atoms with van der Waals surface area (Å²) in [5.74, 6) is 0. The van der Waals surface area contributed by atoms with E-state index in [1.54, 1.807) is 24.4 Å². The molecule has 5 nitrogen and oxygen atoms in total. The number of pyridine rings is 1. The molecule has 0 saturated carbocycles. The van der Waals surface area contributed by atoms with Gasteiger partial charge in [-0.2, -0.15) is 5.26 Å². The molecule has 98 valence electrons. The molecule has 0 N–H and O–H groups in total. The van der Waals surface area contributed by atoms with Gasteiger partial charge >= 0.3 is 0 Å². The molecule has 0 amide bonds. The summed E-state index contributed by atoms with van der Waals surface area (Å²) in [5.41, 5.74) is 2.44. The third-order valence-corrected chi connectivity index (χ3v) is 2.72. The van der Waals surface area contributed by atoms with Crippen molar-refractivity contribution >= 4 is 17.8 Å². The van der Waals surface area contributed by atoms with E-state index in [4.69, 9.17) is 5.26 Å². The molecule has 2 rings (SSSR count). The zero-order valence-corrected chi connectivity index (χ0v) is 10.8.